The second kappa shape index (κ2) is 33.6. The van der Waals surface area contributed by atoms with E-state index in [9.17, 15) is 57.8 Å². The second-order valence-electron chi connectivity index (χ2n) is 23.5. The fraction of sp³-hybridized carbons (Fsp3) is 0.500. The van der Waals surface area contributed by atoms with E-state index in [1.54, 1.807) is 108 Å². The summed E-state index contributed by atoms with van der Waals surface area (Å²) >= 11 is 0. The van der Waals surface area contributed by atoms with Gasteiger partial charge in [-0.15, -0.1) is 0 Å². The number of phenolic OH excluding ortho intramolecular Hbond substituents is 1. The Morgan fingerprint density at radius 3 is 1.85 bits per heavy atom. The fourth-order valence-electron chi connectivity index (χ4n) is 9.40. The number of carbonyl (C=O) groups excluding carboxylic acids is 11. The number of carbonyl (C=O) groups is 11. The Labute approximate surface area is 506 Å². The number of aromatic nitrogens is 1. The lowest BCUT2D eigenvalue weighted by molar-refractivity contribution is -0.156. The SMILES string of the molecule is CC(C)(C)OC(=O)C[C@H](NC(=O)C1CCCCNC(=O)CCCCC(=O)NCCCCC(NC(=O)[C@H](Cc2ccc(O)cc2)NC(=O)OC(C)(C)C)C(=O)NCC(=O)NC(Cc2c[nH]c3ccccc23)C(=O)N1)C(=O)N[C@@H](Cc1ccccc1)C(N)=O. The number of phenols is 1. The number of aromatic hydroxyl groups is 1. The Morgan fingerprint density at radius 1 is 0.621 bits per heavy atom. The van der Waals surface area contributed by atoms with Crippen LogP contribution in [0.2, 0.25) is 0 Å². The summed E-state index contributed by atoms with van der Waals surface area (Å²) in [7, 11) is 0. The highest BCUT2D eigenvalue weighted by Gasteiger charge is 2.35. The largest absolute Gasteiger partial charge is 0.508 e. The number of hydrogen-bond acceptors (Lipinski definition) is 14. The van der Waals surface area contributed by atoms with Crippen molar-refractivity contribution in [3.8, 4) is 5.75 Å². The second-order valence-corrected chi connectivity index (χ2v) is 23.5. The summed E-state index contributed by atoms with van der Waals surface area (Å²) in [5.41, 5.74) is 6.29. The Hall–Kier alpha value is -9.03. The Kier molecular flexibility index (Phi) is 26.6. The maximum Gasteiger partial charge on any atom is 0.408 e. The molecule has 1 aromatic heterocycles. The average Bonchev–Trinajstić information content (AvgIpc) is 2.18. The Morgan fingerprint density at radius 2 is 1.22 bits per heavy atom. The standard InChI is InChI=1S/C62H85N11O14/c1-61(2,3)86-53(78)35-49(59(84)71-46(54(63)79)32-38-18-8-7-9-19-38)72-56(81)45-23-15-17-31-65-51(76)25-13-12-24-50(75)64-30-16-14-22-44(69-57(82)47(73-60(85)87-62(4,5)6)33-39-26-28-41(74)29-27-39)55(80)67-37-52(77)68-48(58(83)70-45)34-40-36-66-43-21-11-10-20-42(40)43/h7-11,18-21,26-29,36,44-49,66,74H,12-17,22-25,30-35,37H2,1-6H3,(H2,63,79)(H,64,75)(H,65,76)(H,67,80)(H,68,77)(H,69,82)(H,70,83)(H,71,84)(H,72,81)(H,73,85)/t44?,45?,46-,47-,48?,49-/m0/s1. The minimum absolute atomic E-state index is 0.00269. The summed E-state index contributed by atoms with van der Waals surface area (Å²) in [6.45, 7) is 9.45. The van der Waals surface area contributed by atoms with Gasteiger partial charge in [-0.2, -0.15) is 0 Å². The van der Waals surface area contributed by atoms with Crippen LogP contribution in [0.3, 0.4) is 0 Å². The number of nitrogens with two attached hydrogens (primary N) is 1. The predicted molar refractivity (Wildman–Crippen MR) is 322 cm³/mol. The number of ether oxygens (including phenoxy) is 2. The minimum atomic E-state index is -1.67. The maximum atomic E-state index is 14.8. The van der Waals surface area contributed by atoms with Crippen LogP contribution in [0.5, 0.6) is 5.75 Å². The predicted octanol–water partition coefficient (Wildman–Crippen LogP) is 2.70. The van der Waals surface area contributed by atoms with Gasteiger partial charge in [0.05, 0.1) is 13.0 Å². The molecule has 0 aliphatic carbocycles. The van der Waals surface area contributed by atoms with Gasteiger partial charge in [0.25, 0.3) is 0 Å². The number of hydrogen-bond donors (Lipinski definition) is 12. The molecule has 25 heteroatoms. The molecule has 1 fully saturated rings. The molecule has 0 bridgehead atoms. The molecule has 3 aromatic carbocycles. The van der Waals surface area contributed by atoms with Crippen molar-refractivity contribution >= 4 is 76.1 Å². The molecule has 13 N–H and O–H groups in total. The number of benzene rings is 3. The zero-order chi connectivity index (χ0) is 63.7. The summed E-state index contributed by atoms with van der Waals surface area (Å²) in [6, 6.07) is 13.4. The molecular weight excluding hydrogens is 1120 g/mol. The van der Waals surface area contributed by atoms with Crippen molar-refractivity contribution < 1.29 is 67.3 Å². The number of H-pyrrole nitrogens is 1. The summed E-state index contributed by atoms with van der Waals surface area (Å²) in [4.78, 5) is 154. The molecule has 1 saturated heterocycles. The van der Waals surface area contributed by atoms with E-state index in [4.69, 9.17) is 15.2 Å². The smallest absolute Gasteiger partial charge is 0.408 e. The fourth-order valence-corrected chi connectivity index (χ4v) is 9.40. The van der Waals surface area contributed by atoms with Crippen molar-refractivity contribution in [2.75, 3.05) is 19.6 Å². The van der Waals surface area contributed by atoms with E-state index in [0.717, 1.165) is 0 Å². The number of alkyl carbamates (subject to hydrolysis) is 1. The lowest BCUT2D eigenvalue weighted by atomic mass is 10.0. The van der Waals surface area contributed by atoms with Crippen LogP contribution in [0.25, 0.3) is 10.9 Å². The van der Waals surface area contributed by atoms with E-state index in [1.165, 1.54) is 12.1 Å². The molecule has 1 aliphatic heterocycles. The van der Waals surface area contributed by atoms with Gasteiger partial charge in [0.15, 0.2) is 0 Å². The molecule has 2 heterocycles. The van der Waals surface area contributed by atoms with E-state index >= 15 is 0 Å². The van der Waals surface area contributed by atoms with Gasteiger partial charge in [0.2, 0.25) is 53.2 Å². The van der Waals surface area contributed by atoms with Crippen LogP contribution in [0.1, 0.15) is 129 Å². The number of para-hydroxylation sites is 1. The van der Waals surface area contributed by atoms with E-state index in [0.29, 0.717) is 53.3 Å². The quantitative estimate of drug-likeness (QED) is 0.0718. The molecule has 87 heavy (non-hydrogen) atoms. The first-order valence-electron chi connectivity index (χ1n) is 29.4. The van der Waals surface area contributed by atoms with Gasteiger partial charge in [0, 0.05) is 62.3 Å². The van der Waals surface area contributed by atoms with E-state index in [1.807, 2.05) is 6.07 Å². The van der Waals surface area contributed by atoms with Gasteiger partial charge >= 0.3 is 12.1 Å². The van der Waals surface area contributed by atoms with Crippen molar-refractivity contribution in [1.82, 2.24) is 52.8 Å². The summed E-state index contributed by atoms with van der Waals surface area (Å²) < 4.78 is 11.0. The molecule has 0 radical (unpaired) electrons. The Balaban J connectivity index is 1.45. The van der Waals surface area contributed by atoms with Gasteiger partial charge in [-0.25, -0.2) is 4.79 Å². The zero-order valence-corrected chi connectivity index (χ0v) is 50.4. The highest BCUT2D eigenvalue weighted by atomic mass is 16.6. The van der Waals surface area contributed by atoms with E-state index in [-0.39, 0.29) is 88.4 Å². The van der Waals surface area contributed by atoms with Crippen molar-refractivity contribution in [3.05, 3.63) is 102 Å². The number of rotatable bonds is 16. The van der Waals surface area contributed by atoms with Gasteiger partial charge < -0.3 is 73.1 Å². The van der Waals surface area contributed by atoms with Crippen LogP contribution in [0, 0.1) is 0 Å². The van der Waals surface area contributed by atoms with Crippen LogP contribution in [-0.2, 0) is 76.7 Å². The zero-order valence-electron chi connectivity index (χ0n) is 50.4. The molecule has 25 nitrogen and oxygen atoms in total. The number of fused-ring (bicyclic) bond motifs is 1. The summed E-state index contributed by atoms with van der Waals surface area (Å²) in [5.74, 6) is -7.55. The summed E-state index contributed by atoms with van der Waals surface area (Å²) in [6.07, 6.45) is 1.91. The number of aromatic amines is 1. The van der Waals surface area contributed by atoms with Crippen LogP contribution in [0.15, 0.2) is 85.1 Å². The molecule has 0 saturated carbocycles. The molecule has 10 amide bonds. The molecule has 4 aromatic rings. The summed E-state index contributed by atoms with van der Waals surface area (Å²) in [5, 5.41) is 34.7. The third-order valence-corrected chi connectivity index (χ3v) is 13.7. The minimum Gasteiger partial charge on any atom is -0.508 e. The van der Waals surface area contributed by atoms with E-state index < -0.39 is 114 Å². The first-order chi connectivity index (χ1) is 41.2. The normalized spacial score (nSPS) is 18.7. The molecule has 1 aliphatic rings. The molecule has 6 atom stereocenters. The van der Waals surface area contributed by atoms with Crippen molar-refractivity contribution in [2.45, 2.75) is 179 Å². The highest BCUT2D eigenvalue weighted by molar-refractivity contribution is 5.98. The number of amides is 10. The molecule has 0 spiro atoms. The van der Waals surface area contributed by atoms with Gasteiger partial charge in [-0.3, -0.25) is 47.9 Å². The molecular formula is C62H85N11O14. The Bertz CT molecular complexity index is 3010. The third kappa shape index (κ3) is 25.2. The van der Waals surface area contributed by atoms with Gasteiger partial charge in [-0.1, -0.05) is 60.7 Å². The highest BCUT2D eigenvalue weighted by Crippen LogP contribution is 2.20. The van der Waals surface area contributed by atoms with Crippen molar-refractivity contribution in [3.63, 3.8) is 0 Å². The van der Waals surface area contributed by atoms with Crippen LogP contribution in [0.4, 0.5) is 4.79 Å². The molecule has 3 unspecified atom stereocenters. The average molecular weight is 1210 g/mol. The maximum absolute atomic E-state index is 14.8. The van der Waals surface area contributed by atoms with Crippen molar-refractivity contribution in [1.29, 1.82) is 0 Å². The van der Waals surface area contributed by atoms with Gasteiger partial charge in [-0.05, 0) is 128 Å². The van der Waals surface area contributed by atoms with E-state index in [2.05, 4.69) is 52.8 Å². The lowest BCUT2D eigenvalue weighted by Crippen LogP contribution is -2.59. The number of nitrogens with one attached hydrogen (secondary N) is 10. The van der Waals surface area contributed by atoms with Crippen LogP contribution < -0.4 is 53.6 Å². The van der Waals surface area contributed by atoms with Gasteiger partial charge in [0.1, 0.15) is 53.2 Å². The van der Waals surface area contributed by atoms with Crippen molar-refractivity contribution in [2.24, 2.45) is 5.73 Å². The molecule has 5 rings (SSSR count). The number of esters is 1. The topological polar surface area (TPSA) is 377 Å². The monoisotopic (exact) mass is 1210 g/mol. The first kappa shape index (κ1) is 68.7. The first-order valence-corrected chi connectivity index (χ1v) is 29.4. The number of primary amides is 1. The lowest BCUT2D eigenvalue weighted by Gasteiger charge is -2.27. The molecule has 472 valence electrons. The van der Waals surface area contributed by atoms with Crippen LogP contribution >= 0.6 is 0 Å². The third-order valence-electron chi connectivity index (χ3n) is 13.7. The van der Waals surface area contributed by atoms with Crippen LogP contribution in [-0.4, -0.2) is 142 Å².